The van der Waals surface area contributed by atoms with Crippen molar-refractivity contribution in [2.75, 3.05) is 9.80 Å². The van der Waals surface area contributed by atoms with Crippen molar-refractivity contribution in [1.82, 2.24) is 0 Å². The van der Waals surface area contributed by atoms with Crippen LogP contribution in [0.2, 0.25) is 0 Å². The van der Waals surface area contributed by atoms with Gasteiger partial charge in [0.1, 0.15) is 0 Å². The second-order valence-corrected chi connectivity index (χ2v) is 25.8. The molecular weight excluding hydrogens is 924 g/mol. The van der Waals surface area contributed by atoms with Crippen molar-refractivity contribution in [2.45, 2.75) is 98.3 Å². The molecule has 368 valence electrons. The summed E-state index contributed by atoms with van der Waals surface area (Å²) in [5.41, 5.74) is 20.2. The van der Waals surface area contributed by atoms with Crippen LogP contribution in [-0.4, -0.2) is 6.71 Å². The molecule has 0 unspecified atom stereocenters. The molecule has 0 saturated carbocycles. The van der Waals surface area contributed by atoms with E-state index in [4.69, 9.17) is 0 Å². The van der Waals surface area contributed by atoms with Crippen LogP contribution in [0.4, 0.5) is 34.1 Å². The quantitative estimate of drug-likeness (QED) is 0.125. The summed E-state index contributed by atoms with van der Waals surface area (Å²) in [5, 5.41) is 9.04. The Balaban J connectivity index is 1.11. The molecule has 0 bridgehead atoms. The summed E-state index contributed by atoms with van der Waals surface area (Å²) in [6.45, 7) is 25.7. The lowest BCUT2D eigenvalue weighted by Crippen LogP contribution is -2.60. The van der Waals surface area contributed by atoms with E-state index in [2.05, 4.69) is 274 Å². The normalized spacial score (nSPS) is 13.6. The molecule has 0 fully saturated rings. The highest BCUT2D eigenvalue weighted by Gasteiger charge is 2.46. The molecule has 0 amide bonds. The predicted octanol–water partition coefficient (Wildman–Crippen LogP) is 18.8. The van der Waals surface area contributed by atoms with E-state index in [0.29, 0.717) is 5.92 Å². The second kappa shape index (κ2) is 17.1. The average Bonchev–Trinajstić information content (AvgIpc) is 3.82. The van der Waals surface area contributed by atoms with E-state index in [9.17, 15) is 0 Å². The zero-order valence-electron chi connectivity index (χ0n) is 45.4. The molecule has 13 rings (SSSR count). The van der Waals surface area contributed by atoms with Crippen molar-refractivity contribution >= 4 is 110 Å². The van der Waals surface area contributed by atoms with E-state index in [1.165, 1.54) is 137 Å². The molecule has 0 atom stereocenters. The molecule has 2 aliphatic rings. The van der Waals surface area contributed by atoms with Crippen LogP contribution in [-0.2, 0) is 16.2 Å². The molecule has 2 nitrogen and oxygen atoms in total. The number of thiophene rings is 1. The first-order valence-corrected chi connectivity index (χ1v) is 27.9. The third-order valence-corrected chi connectivity index (χ3v) is 17.7. The lowest BCUT2D eigenvalue weighted by atomic mass is 9.36. The van der Waals surface area contributed by atoms with Crippen LogP contribution in [0.15, 0.2) is 188 Å². The van der Waals surface area contributed by atoms with E-state index >= 15 is 0 Å². The van der Waals surface area contributed by atoms with Crippen LogP contribution in [0.1, 0.15) is 104 Å². The fraction of sp³-hybridized carbons (Fsp3) is 0.211. The Morgan fingerprint density at radius 3 is 1.60 bits per heavy atom. The average molecular weight is 989 g/mol. The first-order chi connectivity index (χ1) is 35.9. The molecular formula is C71H65BN2S. The number of fused-ring (bicyclic) bond motifs is 12. The minimum Gasteiger partial charge on any atom is -0.311 e. The Morgan fingerprint density at radius 2 is 0.920 bits per heavy atom. The van der Waals surface area contributed by atoms with Gasteiger partial charge in [-0.25, -0.2) is 0 Å². The Kier molecular flexibility index (Phi) is 10.8. The third-order valence-electron chi connectivity index (χ3n) is 16.5. The molecule has 0 N–H and O–H groups in total. The van der Waals surface area contributed by atoms with Gasteiger partial charge < -0.3 is 9.80 Å². The third kappa shape index (κ3) is 7.57. The van der Waals surface area contributed by atoms with E-state index in [1.807, 2.05) is 11.3 Å². The predicted molar refractivity (Wildman–Crippen MR) is 329 cm³/mol. The van der Waals surface area contributed by atoms with Gasteiger partial charge >= 0.3 is 0 Å². The monoisotopic (exact) mass is 988 g/mol. The molecule has 0 spiro atoms. The van der Waals surface area contributed by atoms with Crippen molar-refractivity contribution < 1.29 is 0 Å². The molecule has 0 saturated heterocycles. The molecule has 0 radical (unpaired) electrons. The molecule has 3 heterocycles. The van der Waals surface area contributed by atoms with Gasteiger partial charge in [0, 0.05) is 43.1 Å². The van der Waals surface area contributed by atoms with Crippen LogP contribution in [0.5, 0.6) is 0 Å². The van der Waals surface area contributed by atoms with Gasteiger partial charge in [-0.1, -0.05) is 210 Å². The van der Waals surface area contributed by atoms with E-state index in [-0.39, 0.29) is 23.0 Å². The molecule has 10 aromatic carbocycles. The largest absolute Gasteiger partial charge is 0.311 e. The molecule has 11 aromatic rings. The summed E-state index contributed by atoms with van der Waals surface area (Å²) in [5.74, 6) is 0.359. The summed E-state index contributed by atoms with van der Waals surface area (Å²) >= 11 is 1.99. The van der Waals surface area contributed by atoms with Crippen LogP contribution >= 0.6 is 11.3 Å². The van der Waals surface area contributed by atoms with Crippen LogP contribution < -0.4 is 25.5 Å². The zero-order chi connectivity index (χ0) is 51.9. The van der Waals surface area contributed by atoms with E-state index in [0.717, 1.165) is 0 Å². The number of anilines is 6. The maximum absolute atomic E-state index is 2.66. The SMILES string of the molecule is CC(C)c1ccc2c(c1)B1c3sc4ccc(C(C)(C)C)cc4c3N(c3ccccc3-c3cccc(C(C)(C)C)c3)c3cccc(c31)N2c1ccc(C(C)(C)C)cc1-c1ccc2c3ccccc3c3ccccc3c2c1. The molecule has 75 heavy (non-hydrogen) atoms. The summed E-state index contributed by atoms with van der Waals surface area (Å²) in [7, 11) is 0. The first kappa shape index (κ1) is 47.3. The van der Waals surface area contributed by atoms with Crippen LogP contribution in [0.25, 0.3) is 64.7 Å². The van der Waals surface area contributed by atoms with Crippen molar-refractivity contribution in [2.24, 2.45) is 0 Å². The van der Waals surface area contributed by atoms with Gasteiger partial charge in [-0.2, -0.15) is 0 Å². The van der Waals surface area contributed by atoms with Crippen LogP contribution in [0, 0.1) is 0 Å². The molecule has 4 heteroatoms. The fourth-order valence-electron chi connectivity index (χ4n) is 12.3. The Hall–Kier alpha value is -7.40. The lowest BCUT2D eigenvalue weighted by Gasteiger charge is -2.44. The number of benzene rings is 10. The topological polar surface area (TPSA) is 6.48 Å². The van der Waals surface area contributed by atoms with Gasteiger partial charge in [0.15, 0.2) is 0 Å². The van der Waals surface area contributed by atoms with Gasteiger partial charge in [-0.3, -0.25) is 0 Å². The maximum Gasteiger partial charge on any atom is 0.264 e. The van der Waals surface area contributed by atoms with Gasteiger partial charge in [0.2, 0.25) is 0 Å². The number of nitrogens with zero attached hydrogens (tertiary/aromatic N) is 2. The van der Waals surface area contributed by atoms with Crippen LogP contribution in [0.3, 0.4) is 0 Å². The van der Waals surface area contributed by atoms with Gasteiger partial charge in [0.25, 0.3) is 6.71 Å². The lowest BCUT2D eigenvalue weighted by molar-refractivity contribution is 0.590. The van der Waals surface area contributed by atoms with Gasteiger partial charge in [-0.15, -0.1) is 11.3 Å². The summed E-state index contributed by atoms with van der Waals surface area (Å²) in [6, 6.07) is 72.6. The van der Waals surface area contributed by atoms with Gasteiger partial charge in [0.05, 0.1) is 17.1 Å². The van der Waals surface area contributed by atoms with E-state index in [1.54, 1.807) is 0 Å². The minimum absolute atomic E-state index is 0.00648. The fourth-order valence-corrected chi connectivity index (χ4v) is 13.6. The Bertz CT molecular complexity index is 4100. The summed E-state index contributed by atoms with van der Waals surface area (Å²) in [4.78, 5) is 5.29. The Morgan fingerprint density at radius 1 is 0.387 bits per heavy atom. The number of rotatable bonds is 5. The number of para-hydroxylation sites is 1. The summed E-state index contributed by atoms with van der Waals surface area (Å²) in [6.07, 6.45) is 0. The number of hydrogen-bond acceptors (Lipinski definition) is 3. The first-order valence-electron chi connectivity index (χ1n) is 27.1. The Labute approximate surface area is 448 Å². The smallest absolute Gasteiger partial charge is 0.264 e. The highest BCUT2D eigenvalue weighted by Crippen LogP contribution is 2.52. The summed E-state index contributed by atoms with van der Waals surface area (Å²) < 4.78 is 2.72. The number of hydrogen-bond donors (Lipinski definition) is 0. The van der Waals surface area contributed by atoms with Crippen molar-refractivity contribution in [3.63, 3.8) is 0 Å². The molecule has 1 aromatic heterocycles. The maximum atomic E-state index is 2.66. The van der Waals surface area contributed by atoms with Gasteiger partial charge in [-0.05, 0) is 153 Å². The highest BCUT2D eigenvalue weighted by atomic mass is 32.1. The molecule has 2 aliphatic heterocycles. The second-order valence-electron chi connectivity index (χ2n) is 24.7. The van der Waals surface area contributed by atoms with E-state index < -0.39 is 0 Å². The minimum atomic E-state index is -0.0687. The van der Waals surface area contributed by atoms with Crippen molar-refractivity contribution in [1.29, 1.82) is 0 Å². The van der Waals surface area contributed by atoms with Crippen molar-refractivity contribution in [3.05, 3.63) is 210 Å². The zero-order valence-corrected chi connectivity index (χ0v) is 46.2. The highest BCUT2D eigenvalue weighted by molar-refractivity contribution is 7.33. The molecule has 0 aliphatic carbocycles. The van der Waals surface area contributed by atoms with Crippen molar-refractivity contribution in [3.8, 4) is 22.3 Å². The standard InChI is InChI=1S/C71H65BN2S/c1-43(2)44-31-35-62-59(40-44)72-66-63(73(62)61-36-32-48(70(6,7)8)41-56(61)46-30-34-55-53-25-13-12-23-51(53)52-24-14-15-26-54(52)57(55)39-46)28-19-29-64(66)74(67-58-42-49(71(9,10)11)33-37-65(58)75-68(67)72)60-27-17-16-22-50(60)45-20-18-21-47(38-45)69(3,4)5/h12-43H,1-11H3.